The second-order valence-electron chi connectivity index (χ2n) is 3.92. The van der Waals surface area contributed by atoms with E-state index in [0.717, 1.165) is 25.3 Å². The van der Waals surface area contributed by atoms with Crippen LogP contribution in [0.3, 0.4) is 0 Å². The summed E-state index contributed by atoms with van der Waals surface area (Å²) in [5.74, 6) is 0.962. The molecule has 0 aliphatic carbocycles. The van der Waals surface area contributed by atoms with Crippen LogP contribution in [0.1, 0.15) is 26.7 Å². The zero-order valence-electron chi connectivity index (χ0n) is 10.0. The summed E-state index contributed by atoms with van der Waals surface area (Å²) in [6.45, 7) is 6.21. The van der Waals surface area contributed by atoms with Gasteiger partial charge in [-0.2, -0.15) is 0 Å². The van der Waals surface area contributed by atoms with Crippen LogP contribution in [-0.4, -0.2) is 19.2 Å². The Morgan fingerprint density at radius 3 is 2.62 bits per heavy atom. The van der Waals surface area contributed by atoms with Crippen molar-refractivity contribution in [2.75, 3.05) is 13.2 Å². The van der Waals surface area contributed by atoms with Gasteiger partial charge in [-0.25, -0.2) is 0 Å². The fourth-order valence-corrected chi connectivity index (χ4v) is 1.65. The lowest BCUT2D eigenvalue weighted by molar-refractivity contribution is 0.305. The Bertz CT molecular complexity index is 286. The van der Waals surface area contributed by atoms with Crippen molar-refractivity contribution in [3.05, 3.63) is 27.8 Å². The van der Waals surface area contributed by atoms with Gasteiger partial charge in [0.25, 0.3) is 0 Å². The molecule has 90 valence electrons. The average Bonchev–Trinajstić information content (AvgIpc) is 2.31. The van der Waals surface area contributed by atoms with Crippen LogP contribution in [0.4, 0.5) is 0 Å². The molecule has 3 heteroatoms. The molecule has 1 aromatic rings. The van der Waals surface area contributed by atoms with Crippen molar-refractivity contribution in [1.82, 2.24) is 5.32 Å². The van der Waals surface area contributed by atoms with Gasteiger partial charge in [-0.05, 0) is 73.2 Å². The van der Waals surface area contributed by atoms with Gasteiger partial charge in [0.15, 0.2) is 0 Å². The van der Waals surface area contributed by atoms with E-state index in [0.29, 0.717) is 6.04 Å². The highest BCUT2D eigenvalue weighted by Gasteiger charge is 1.97. The molecule has 0 saturated heterocycles. The smallest absolute Gasteiger partial charge is 0.119 e. The third-order valence-corrected chi connectivity index (χ3v) is 3.23. The van der Waals surface area contributed by atoms with E-state index in [1.54, 1.807) is 0 Å². The molecule has 0 amide bonds. The van der Waals surface area contributed by atoms with Gasteiger partial charge in [0.2, 0.25) is 0 Å². The number of benzene rings is 1. The van der Waals surface area contributed by atoms with Crippen LogP contribution in [0.25, 0.3) is 0 Å². The molecule has 1 N–H and O–H groups in total. The first-order valence-corrected chi connectivity index (χ1v) is 6.92. The van der Waals surface area contributed by atoms with Crippen molar-refractivity contribution in [1.29, 1.82) is 0 Å². The van der Waals surface area contributed by atoms with Crippen molar-refractivity contribution in [3.8, 4) is 5.75 Å². The molecule has 0 bridgehead atoms. The summed E-state index contributed by atoms with van der Waals surface area (Å²) in [7, 11) is 0. The molecule has 0 aromatic heterocycles. The largest absolute Gasteiger partial charge is 0.494 e. The quantitative estimate of drug-likeness (QED) is 0.610. The van der Waals surface area contributed by atoms with Crippen molar-refractivity contribution in [2.45, 2.75) is 32.7 Å². The predicted molar refractivity (Wildman–Crippen MR) is 77.0 cm³/mol. The van der Waals surface area contributed by atoms with Crippen molar-refractivity contribution >= 4 is 22.6 Å². The van der Waals surface area contributed by atoms with Crippen molar-refractivity contribution in [2.24, 2.45) is 0 Å². The van der Waals surface area contributed by atoms with Gasteiger partial charge in [0, 0.05) is 9.61 Å². The lowest BCUT2D eigenvalue weighted by Crippen LogP contribution is -2.27. The fraction of sp³-hybridized carbons (Fsp3) is 0.538. The molecular formula is C13H20INO. The van der Waals surface area contributed by atoms with Gasteiger partial charge >= 0.3 is 0 Å². The molecule has 0 aliphatic rings. The minimum Gasteiger partial charge on any atom is -0.494 e. The van der Waals surface area contributed by atoms with E-state index in [4.69, 9.17) is 4.74 Å². The second kappa shape index (κ2) is 7.90. The van der Waals surface area contributed by atoms with Crippen LogP contribution in [0, 0.1) is 3.57 Å². The van der Waals surface area contributed by atoms with Gasteiger partial charge in [0.1, 0.15) is 5.75 Å². The summed E-state index contributed by atoms with van der Waals surface area (Å²) < 4.78 is 6.87. The van der Waals surface area contributed by atoms with Crippen molar-refractivity contribution < 1.29 is 4.74 Å². The van der Waals surface area contributed by atoms with Crippen LogP contribution < -0.4 is 10.1 Å². The zero-order valence-corrected chi connectivity index (χ0v) is 12.2. The van der Waals surface area contributed by atoms with E-state index in [9.17, 15) is 0 Å². The maximum Gasteiger partial charge on any atom is 0.119 e. The lowest BCUT2D eigenvalue weighted by Gasteiger charge is -2.11. The second-order valence-corrected chi connectivity index (χ2v) is 5.16. The monoisotopic (exact) mass is 333 g/mol. The first-order chi connectivity index (χ1) is 7.72. The highest BCUT2D eigenvalue weighted by Crippen LogP contribution is 2.13. The molecule has 1 atom stereocenters. The Kier molecular flexibility index (Phi) is 6.80. The number of hydrogen-bond donors (Lipinski definition) is 1. The van der Waals surface area contributed by atoms with Gasteiger partial charge in [-0.15, -0.1) is 0 Å². The summed E-state index contributed by atoms with van der Waals surface area (Å²) in [4.78, 5) is 0. The normalized spacial score (nSPS) is 12.4. The van der Waals surface area contributed by atoms with E-state index in [2.05, 4.69) is 53.9 Å². The number of hydrogen-bond acceptors (Lipinski definition) is 2. The lowest BCUT2D eigenvalue weighted by atomic mass is 10.2. The number of rotatable bonds is 7. The summed E-state index contributed by atoms with van der Waals surface area (Å²) in [5, 5.41) is 3.45. The van der Waals surface area contributed by atoms with Crippen LogP contribution in [0.5, 0.6) is 5.75 Å². The number of ether oxygens (including phenoxy) is 1. The van der Waals surface area contributed by atoms with Gasteiger partial charge in [-0.1, -0.05) is 6.92 Å². The molecule has 16 heavy (non-hydrogen) atoms. The molecule has 0 spiro atoms. The van der Waals surface area contributed by atoms with E-state index in [1.165, 1.54) is 9.99 Å². The van der Waals surface area contributed by atoms with E-state index in [-0.39, 0.29) is 0 Å². The van der Waals surface area contributed by atoms with E-state index in [1.807, 2.05) is 12.1 Å². The molecule has 2 nitrogen and oxygen atoms in total. The highest BCUT2D eigenvalue weighted by atomic mass is 127. The summed E-state index contributed by atoms with van der Waals surface area (Å²) in [6.07, 6.45) is 2.23. The van der Waals surface area contributed by atoms with Gasteiger partial charge < -0.3 is 10.1 Å². The summed E-state index contributed by atoms with van der Waals surface area (Å²) in [6, 6.07) is 8.77. The van der Waals surface area contributed by atoms with Gasteiger partial charge in [0.05, 0.1) is 6.61 Å². The van der Waals surface area contributed by atoms with E-state index >= 15 is 0 Å². The van der Waals surface area contributed by atoms with Crippen LogP contribution in [-0.2, 0) is 0 Å². The number of nitrogens with one attached hydrogen (secondary N) is 1. The Balaban J connectivity index is 2.09. The molecular weight excluding hydrogens is 313 g/mol. The Labute approximate surface area is 112 Å². The molecule has 1 rings (SSSR count). The van der Waals surface area contributed by atoms with Crippen LogP contribution >= 0.6 is 22.6 Å². The predicted octanol–water partition coefficient (Wildman–Crippen LogP) is 3.45. The van der Waals surface area contributed by atoms with Crippen LogP contribution in [0.2, 0.25) is 0 Å². The Hall–Kier alpha value is -0.290. The topological polar surface area (TPSA) is 21.3 Å². The van der Waals surface area contributed by atoms with Crippen LogP contribution in [0.15, 0.2) is 24.3 Å². The standard InChI is InChI=1S/C13H20INO/c1-3-11(2)15-9-4-10-16-13-7-5-12(14)6-8-13/h5-8,11,15H,3-4,9-10H2,1-2H3/t11-/m1/s1. The number of halogens is 1. The summed E-state index contributed by atoms with van der Waals surface area (Å²) in [5.41, 5.74) is 0. The third kappa shape index (κ3) is 5.70. The molecule has 0 unspecified atom stereocenters. The fourth-order valence-electron chi connectivity index (χ4n) is 1.29. The third-order valence-electron chi connectivity index (χ3n) is 2.51. The average molecular weight is 333 g/mol. The molecule has 0 aliphatic heterocycles. The molecule has 0 fully saturated rings. The Morgan fingerprint density at radius 2 is 2.00 bits per heavy atom. The minimum absolute atomic E-state index is 0.610. The zero-order chi connectivity index (χ0) is 11.8. The summed E-state index contributed by atoms with van der Waals surface area (Å²) >= 11 is 2.29. The first kappa shape index (κ1) is 13.8. The minimum atomic E-state index is 0.610. The first-order valence-electron chi connectivity index (χ1n) is 5.84. The SMILES string of the molecule is CC[C@@H](C)NCCCOc1ccc(I)cc1. The highest BCUT2D eigenvalue weighted by molar-refractivity contribution is 14.1. The van der Waals surface area contributed by atoms with Gasteiger partial charge in [-0.3, -0.25) is 0 Å². The van der Waals surface area contributed by atoms with Crippen molar-refractivity contribution in [3.63, 3.8) is 0 Å². The van der Waals surface area contributed by atoms with E-state index < -0.39 is 0 Å². The maximum atomic E-state index is 5.63. The maximum absolute atomic E-state index is 5.63. The molecule has 0 heterocycles. The molecule has 1 aromatic carbocycles. The Morgan fingerprint density at radius 1 is 1.31 bits per heavy atom. The molecule has 0 radical (unpaired) electrons. The molecule has 0 saturated carbocycles.